The number of halogens is 1. The predicted molar refractivity (Wildman–Crippen MR) is 66.4 cm³/mol. The van der Waals surface area contributed by atoms with E-state index in [2.05, 4.69) is 11.6 Å². The van der Waals surface area contributed by atoms with Crippen LogP contribution >= 0.6 is 22.9 Å². The summed E-state index contributed by atoms with van der Waals surface area (Å²) in [6.07, 6.45) is 4.60. The van der Waals surface area contributed by atoms with Gasteiger partial charge < -0.3 is 0 Å². The Balaban J connectivity index is 2.74. The van der Waals surface area contributed by atoms with Gasteiger partial charge in [-0.3, -0.25) is 0 Å². The Kier molecular flexibility index (Phi) is 4.91. The number of nitrogens with zero attached hydrogens (tertiary/aromatic N) is 2. The number of sulfonamides is 1. The lowest BCUT2D eigenvalue weighted by Gasteiger charge is -2.14. The summed E-state index contributed by atoms with van der Waals surface area (Å²) in [5.74, 6) is 0. The van der Waals surface area contributed by atoms with Crippen LogP contribution in [0.25, 0.3) is 0 Å². The summed E-state index contributed by atoms with van der Waals surface area (Å²) in [6, 6.07) is 0. The van der Waals surface area contributed by atoms with Crippen LogP contribution in [-0.4, -0.2) is 31.3 Å². The molecule has 0 saturated heterocycles. The number of hydrogen-bond acceptors (Lipinski definition) is 4. The molecular formula is C9H13ClN2O2S2. The van der Waals surface area contributed by atoms with E-state index in [4.69, 9.17) is 11.6 Å². The normalized spacial score (nSPS) is 11.9. The van der Waals surface area contributed by atoms with E-state index in [0.29, 0.717) is 6.54 Å². The molecule has 1 aromatic rings. The Bertz CT molecular complexity index is 456. The van der Waals surface area contributed by atoms with Crippen LogP contribution in [0.5, 0.6) is 0 Å². The molecule has 0 atom stereocenters. The van der Waals surface area contributed by atoms with Gasteiger partial charge in [0.25, 0.3) is 10.0 Å². The number of allylic oxidation sites excluding steroid dienone is 1. The first-order chi connectivity index (χ1) is 7.48. The highest BCUT2D eigenvalue weighted by molar-refractivity contribution is 7.91. The Hall–Kier alpha value is -0.430. The van der Waals surface area contributed by atoms with Gasteiger partial charge >= 0.3 is 0 Å². The van der Waals surface area contributed by atoms with E-state index in [-0.39, 0.29) is 8.68 Å². The molecule has 1 aromatic heterocycles. The molecule has 0 unspecified atom stereocenters. The van der Waals surface area contributed by atoms with Gasteiger partial charge in [0.05, 0.1) is 6.20 Å². The van der Waals surface area contributed by atoms with E-state index in [1.165, 1.54) is 10.5 Å². The minimum atomic E-state index is -3.43. The fourth-order valence-corrected chi connectivity index (χ4v) is 3.81. The van der Waals surface area contributed by atoms with E-state index in [1.54, 1.807) is 13.1 Å². The highest BCUT2D eigenvalue weighted by Crippen LogP contribution is 2.24. The summed E-state index contributed by atoms with van der Waals surface area (Å²) in [7, 11) is -1.88. The van der Waals surface area contributed by atoms with Crippen LogP contribution in [0.2, 0.25) is 4.47 Å². The van der Waals surface area contributed by atoms with Gasteiger partial charge in [-0.05, 0) is 12.8 Å². The number of aromatic nitrogens is 1. The maximum absolute atomic E-state index is 12.0. The highest BCUT2D eigenvalue weighted by Gasteiger charge is 2.22. The molecule has 0 aliphatic rings. The van der Waals surface area contributed by atoms with E-state index >= 15 is 0 Å². The Morgan fingerprint density at radius 1 is 1.69 bits per heavy atom. The second kappa shape index (κ2) is 5.77. The monoisotopic (exact) mass is 280 g/mol. The van der Waals surface area contributed by atoms with Crippen molar-refractivity contribution in [3.63, 3.8) is 0 Å². The van der Waals surface area contributed by atoms with Crippen molar-refractivity contribution in [2.45, 2.75) is 17.1 Å². The lowest BCUT2D eigenvalue weighted by atomic mass is 10.3. The fraction of sp³-hybridized carbons (Fsp3) is 0.444. The summed E-state index contributed by atoms with van der Waals surface area (Å²) in [5, 5.41) is 0. The van der Waals surface area contributed by atoms with Crippen molar-refractivity contribution in [3.8, 4) is 0 Å². The fourth-order valence-electron chi connectivity index (χ4n) is 1.09. The summed E-state index contributed by atoms with van der Waals surface area (Å²) in [5.41, 5.74) is 0. The molecule has 0 N–H and O–H groups in total. The molecule has 1 heterocycles. The molecule has 0 aliphatic carbocycles. The van der Waals surface area contributed by atoms with Gasteiger partial charge in [0.15, 0.2) is 8.68 Å². The van der Waals surface area contributed by atoms with Gasteiger partial charge in [-0.25, -0.2) is 17.7 Å². The molecule has 1 rings (SSSR count). The van der Waals surface area contributed by atoms with Crippen LogP contribution in [0, 0.1) is 0 Å². The Morgan fingerprint density at radius 2 is 2.38 bits per heavy atom. The van der Waals surface area contributed by atoms with Gasteiger partial charge in [-0.2, -0.15) is 0 Å². The van der Waals surface area contributed by atoms with Crippen molar-refractivity contribution in [2.75, 3.05) is 13.6 Å². The first kappa shape index (κ1) is 13.6. The van der Waals surface area contributed by atoms with Crippen molar-refractivity contribution in [2.24, 2.45) is 0 Å². The minimum absolute atomic E-state index is 0.179. The quantitative estimate of drug-likeness (QED) is 0.594. The van der Waals surface area contributed by atoms with E-state index in [9.17, 15) is 8.42 Å². The van der Waals surface area contributed by atoms with Crippen molar-refractivity contribution in [1.82, 2.24) is 9.29 Å². The summed E-state index contributed by atoms with van der Waals surface area (Å²) in [4.78, 5) is 3.72. The van der Waals surface area contributed by atoms with Gasteiger partial charge in [-0.1, -0.05) is 29.0 Å². The van der Waals surface area contributed by atoms with Crippen molar-refractivity contribution in [1.29, 1.82) is 0 Å². The third kappa shape index (κ3) is 3.28. The minimum Gasteiger partial charge on any atom is -0.232 e. The van der Waals surface area contributed by atoms with Crippen molar-refractivity contribution < 1.29 is 8.42 Å². The van der Waals surface area contributed by atoms with Crippen LogP contribution in [0.1, 0.15) is 12.8 Å². The molecule has 0 saturated carbocycles. The summed E-state index contributed by atoms with van der Waals surface area (Å²) < 4.78 is 25.6. The van der Waals surface area contributed by atoms with Crippen LogP contribution < -0.4 is 0 Å². The van der Waals surface area contributed by atoms with Crippen molar-refractivity contribution in [3.05, 3.63) is 23.3 Å². The lowest BCUT2D eigenvalue weighted by Crippen LogP contribution is -2.27. The van der Waals surface area contributed by atoms with E-state index in [1.807, 2.05) is 0 Å². The molecule has 0 bridgehead atoms. The van der Waals surface area contributed by atoms with Gasteiger partial charge in [-0.15, -0.1) is 6.58 Å². The average Bonchev–Trinajstić information content (AvgIpc) is 2.65. The number of unbranched alkanes of at least 4 members (excludes halogenated alkanes) is 1. The van der Waals surface area contributed by atoms with Crippen LogP contribution in [0.3, 0.4) is 0 Å². The summed E-state index contributed by atoms with van der Waals surface area (Å²) >= 11 is 6.58. The van der Waals surface area contributed by atoms with Crippen LogP contribution in [0.15, 0.2) is 23.1 Å². The molecule has 90 valence electrons. The molecule has 0 aliphatic heterocycles. The summed E-state index contributed by atoms with van der Waals surface area (Å²) in [6.45, 7) is 4.05. The topological polar surface area (TPSA) is 50.3 Å². The Morgan fingerprint density at radius 3 is 2.88 bits per heavy atom. The van der Waals surface area contributed by atoms with Gasteiger partial charge in [0, 0.05) is 13.6 Å². The molecule has 0 amide bonds. The molecule has 7 heteroatoms. The molecule has 0 radical (unpaired) electrons. The van der Waals surface area contributed by atoms with Crippen LogP contribution in [-0.2, 0) is 10.0 Å². The third-order valence-corrected chi connectivity index (χ3v) is 5.41. The second-order valence-electron chi connectivity index (χ2n) is 3.19. The van der Waals surface area contributed by atoms with E-state index < -0.39 is 10.0 Å². The zero-order valence-corrected chi connectivity index (χ0v) is 11.3. The largest absolute Gasteiger partial charge is 0.253 e. The first-order valence-corrected chi connectivity index (χ1v) is 7.30. The van der Waals surface area contributed by atoms with Gasteiger partial charge in [0.1, 0.15) is 0 Å². The molecule has 0 spiro atoms. The third-order valence-electron chi connectivity index (χ3n) is 2.00. The molecule has 4 nitrogen and oxygen atoms in total. The average molecular weight is 281 g/mol. The zero-order valence-electron chi connectivity index (χ0n) is 8.89. The van der Waals surface area contributed by atoms with E-state index in [0.717, 1.165) is 24.2 Å². The Labute approximate surface area is 105 Å². The standard InChI is InChI=1S/C9H13ClN2O2S2/c1-3-4-5-6-12(2)16(13,14)8-7-11-9(10)15-8/h3,7H,1,4-6H2,2H3. The molecule has 0 aromatic carbocycles. The predicted octanol–water partition coefficient (Wildman–Crippen LogP) is 2.38. The SMILES string of the molecule is C=CCCCN(C)S(=O)(=O)c1cnc(Cl)s1. The maximum atomic E-state index is 12.0. The zero-order chi connectivity index (χ0) is 12.2. The molecule has 0 fully saturated rings. The van der Waals surface area contributed by atoms with Crippen molar-refractivity contribution >= 4 is 33.0 Å². The smallest absolute Gasteiger partial charge is 0.232 e. The first-order valence-electron chi connectivity index (χ1n) is 4.67. The highest BCUT2D eigenvalue weighted by atomic mass is 35.5. The van der Waals surface area contributed by atoms with Gasteiger partial charge in [0.2, 0.25) is 0 Å². The second-order valence-corrected chi connectivity index (χ2v) is 7.07. The number of hydrogen-bond donors (Lipinski definition) is 0. The van der Waals surface area contributed by atoms with Crippen LogP contribution in [0.4, 0.5) is 0 Å². The lowest BCUT2D eigenvalue weighted by molar-refractivity contribution is 0.464. The molecule has 16 heavy (non-hydrogen) atoms. The number of thiazole rings is 1. The maximum Gasteiger partial charge on any atom is 0.253 e. The number of rotatable bonds is 6. The molecular weight excluding hydrogens is 268 g/mol.